The average molecular weight is 658 g/mol. The highest BCUT2D eigenvalue weighted by Gasteiger charge is 2.36. The number of anilines is 1. The SMILES string of the molecule is CCOc1cc(COc2ccc(/C=C3\C(=O)NC(=O)N(c4ccc(Br)cc4)C3=O)cc2OC)ccc1OCc1ccccc1. The van der Waals surface area contributed by atoms with Crippen LogP contribution < -0.4 is 29.2 Å². The number of methoxy groups -OCH3 is 1. The predicted molar refractivity (Wildman–Crippen MR) is 169 cm³/mol. The molecule has 4 amide bonds. The second-order valence-electron chi connectivity index (χ2n) is 9.62. The molecule has 0 aromatic heterocycles. The van der Waals surface area contributed by atoms with Crippen LogP contribution >= 0.6 is 15.9 Å². The third-order valence-electron chi connectivity index (χ3n) is 6.62. The highest BCUT2D eigenvalue weighted by Crippen LogP contribution is 2.33. The van der Waals surface area contributed by atoms with Crippen LogP contribution in [0.1, 0.15) is 23.6 Å². The summed E-state index contributed by atoms with van der Waals surface area (Å²) in [6.07, 6.45) is 1.41. The predicted octanol–water partition coefficient (Wildman–Crippen LogP) is 6.68. The van der Waals surface area contributed by atoms with E-state index >= 15 is 0 Å². The molecule has 5 rings (SSSR count). The van der Waals surface area contributed by atoms with Gasteiger partial charge in [0.2, 0.25) is 0 Å². The average Bonchev–Trinajstić information content (AvgIpc) is 3.03. The van der Waals surface area contributed by atoms with Crippen LogP contribution in [-0.2, 0) is 22.8 Å². The molecule has 9 nitrogen and oxygen atoms in total. The number of benzene rings is 4. The van der Waals surface area contributed by atoms with Gasteiger partial charge in [0.05, 0.1) is 19.4 Å². The van der Waals surface area contributed by atoms with Gasteiger partial charge in [-0.25, -0.2) is 9.69 Å². The summed E-state index contributed by atoms with van der Waals surface area (Å²) in [5.41, 5.74) is 2.56. The fourth-order valence-corrected chi connectivity index (χ4v) is 4.73. The molecule has 1 fully saturated rings. The van der Waals surface area contributed by atoms with Crippen molar-refractivity contribution in [2.24, 2.45) is 0 Å². The van der Waals surface area contributed by atoms with Gasteiger partial charge in [0, 0.05) is 4.47 Å². The molecular formula is C34H29BrN2O7. The van der Waals surface area contributed by atoms with Gasteiger partial charge in [0.1, 0.15) is 18.8 Å². The van der Waals surface area contributed by atoms with Gasteiger partial charge in [-0.1, -0.05) is 58.4 Å². The second-order valence-corrected chi connectivity index (χ2v) is 10.5. The number of halogens is 1. The lowest BCUT2D eigenvalue weighted by molar-refractivity contribution is -0.122. The molecule has 0 spiro atoms. The van der Waals surface area contributed by atoms with E-state index in [4.69, 9.17) is 18.9 Å². The largest absolute Gasteiger partial charge is 0.493 e. The molecule has 0 aliphatic carbocycles. The number of hydrogen-bond donors (Lipinski definition) is 1. The third-order valence-corrected chi connectivity index (χ3v) is 7.15. The van der Waals surface area contributed by atoms with Crippen molar-refractivity contribution < 1.29 is 33.3 Å². The molecule has 1 saturated heterocycles. The molecule has 1 aliphatic heterocycles. The van der Waals surface area contributed by atoms with E-state index in [9.17, 15) is 14.4 Å². The number of rotatable bonds is 11. The van der Waals surface area contributed by atoms with Gasteiger partial charge in [-0.2, -0.15) is 0 Å². The van der Waals surface area contributed by atoms with Crippen molar-refractivity contribution in [1.82, 2.24) is 5.32 Å². The number of carbonyl (C=O) groups excluding carboxylic acids is 3. The van der Waals surface area contributed by atoms with Crippen molar-refractivity contribution in [3.05, 3.63) is 118 Å². The number of imide groups is 2. The number of nitrogens with zero attached hydrogens (tertiary/aromatic N) is 1. The Bertz CT molecular complexity index is 1700. The van der Waals surface area contributed by atoms with Gasteiger partial charge < -0.3 is 18.9 Å². The first kappa shape index (κ1) is 30.4. The lowest BCUT2D eigenvalue weighted by Crippen LogP contribution is -2.54. The summed E-state index contributed by atoms with van der Waals surface area (Å²) < 4.78 is 24.2. The minimum Gasteiger partial charge on any atom is -0.493 e. The lowest BCUT2D eigenvalue weighted by atomic mass is 10.1. The van der Waals surface area contributed by atoms with Crippen molar-refractivity contribution in [1.29, 1.82) is 0 Å². The fourth-order valence-electron chi connectivity index (χ4n) is 4.47. The summed E-state index contributed by atoms with van der Waals surface area (Å²) in [5.74, 6) is 0.594. The number of ether oxygens (including phenoxy) is 4. The first-order chi connectivity index (χ1) is 21.4. The maximum absolute atomic E-state index is 13.2. The van der Waals surface area contributed by atoms with Crippen LogP contribution in [0.5, 0.6) is 23.0 Å². The molecule has 44 heavy (non-hydrogen) atoms. The minimum atomic E-state index is -0.816. The van der Waals surface area contributed by atoms with E-state index in [2.05, 4.69) is 21.2 Å². The molecule has 1 N–H and O–H groups in total. The Morgan fingerprint density at radius 3 is 2.14 bits per heavy atom. The van der Waals surface area contributed by atoms with Crippen molar-refractivity contribution in [3.8, 4) is 23.0 Å². The molecule has 4 aromatic rings. The topological polar surface area (TPSA) is 103 Å². The van der Waals surface area contributed by atoms with Gasteiger partial charge in [0.25, 0.3) is 11.8 Å². The van der Waals surface area contributed by atoms with Gasteiger partial charge in [-0.3, -0.25) is 14.9 Å². The normalized spacial score (nSPS) is 13.9. The molecular weight excluding hydrogens is 628 g/mol. The first-order valence-electron chi connectivity index (χ1n) is 13.8. The Balaban J connectivity index is 1.30. The molecule has 10 heteroatoms. The molecule has 0 radical (unpaired) electrons. The van der Waals surface area contributed by atoms with E-state index in [-0.39, 0.29) is 12.2 Å². The van der Waals surface area contributed by atoms with Gasteiger partial charge in [-0.05, 0) is 78.2 Å². The Morgan fingerprint density at radius 1 is 0.750 bits per heavy atom. The molecule has 1 aliphatic rings. The Kier molecular flexibility index (Phi) is 9.61. The van der Waals surface area contributed by atoms with Gasteiger partial charge in [0.15, 0.2) is 23.0 Å². The molecule has 0 unspecified atom stereocenters. The smallest absolute Gasteiger partial charge is 0.335 e. The zero-order chi connectivity index (χ0) is 31.1. The zero-order valence-electron chi connectivity index (χ0n) is 24.0. The molecule has 224 valence electrons. The van der Waals surface area contributed by atoms with Crippen LogP contribution in [0.2, 0.25) is 0 Å². The lowest BCUT2D eigenvalue weighted by Gasteiger charge is -2.26. The summed E-state index contributed by atoms with van der Waals surface area (Å²) in [5, 5.41) is 2.23. The van der Waals surface area contributed by atoms with E-state index in [1.54, 1.807) is 42.5 Å². The van der Waals surface area contributed by atoms with Gasteiger partial charge in [-0.15, -0.1) is 0 Å². The quantitative estimate of drug-likeness (QED) is 0.142. The van der Waals surface area contributed by atoms with Crippen LogP contribution in [-0.4, -0.2) is 31.6 Å². The standard InChI is InChI=1S/C34H29BrN2O7/c1-3-42-31-19-24(10-16-29(31)43-20-22-7-5-4-6-8-22)21-44-28-15-9-23(18-30(28)41-2)17-27-32(38)36-34(40)37(33(27)39)26-13-11-25(35)12-14-26/h4-19H,3,20-21H2,1-2H3,(H,36,38,40)/b27-17+. The Hall–Kier alpha value is -5.09. The molecule has 0 atom stereocenters. The maximum atomic E-state index is 13.2. The number of barbiturate groups is 1. The van der Waals surface area contributed by atoms with E-state index in [1.165, 1.54) is 13.2 Å². The summed E-state index contributed by atoms with van der Waals surface area (Å²) in [6, 6.07) is 26.3. The second kappa shape index (κ2) is 13.9. The van der Waals surface area contributed by atoms with Crippen LogP contribution in [0.25, 0.3) is 6.08 Å². The highest BCUT2D eigenvalue weighted by atomic mass is 79.9. The molecule has 1 heterocycles. The van der Waals surface area contributed by atoms with E-state index in [1.807, 2.05) is 55.5 Å². The van der Waals surface area contributed by atoms with Crippen LogP contribution in [0.3, 0.4) is 0 Å². The van der Waals surface area contributed by atoms with Gasteiger partial charge >= 0.3 is 6.03 Å². The van der Waals surface area contributed by atoms with E-state index in [0.29, 0.717) is 47.5 Å². The van der Waals surface area contributed by atoms with Crippen LogP contribution in [0, 0.1) is 0 Å². The van der Waals surface area contributed by atoms with E-state index < -0.39 is 17.8 Å². The van der Waals surface area contributed by atoms with Crippen molar-refractivity contribution in [2.45, 2.75) is 20.1 Å². The van der Waals surface area contributed by atoms with E-state index in [0.717, 1.165) is 20.5 Å². The Labute approximate surface area is 263 Å². The Morgan fingerprint density at radius 2 is 1.43 bits per heavy atom. The number of nitrogens with one attached hydrogen (secondary N) is 1. The summed E-state index contributed by atoms with van der Waals surface area (Å²) in [7, 11) is 1.50. The van der Waals surface area contributed by atoms with Crippen molar-refractivity contribution in [2.75, 3.05) is 18.6 Å². The molecule has 4 aromatic carbocycles. The van der Waals surface area contributed by atoms with Crippen LogP contribution in [0.15, 0.2) is 101 Å². The number of carbonyl (C=O) groups is 3. The number of amides is 4. The van der Waals surface area contributed by atoms with Crippen LogP contribution in [0.4, 0.5) is 10.5 Å². The number of hydrogen-bond acceptors (Lipinski definition) is 7. The maximum Gasteiger partial charge on any atom is 0.335 e. The molecule has 0 bridgehead atoms. The summed E-state index contributed by atoms with van der Waals surface area (Å²) in [6.45, 7) is 3.03. The van der Waals surface area contributed by atoms with Crippen molar-refractivity contribution >= 4 is 45.5 Å². The number of urea groups is 1. The third kappa shape index (κ3) is 7.09. The zero-order valence-corrected chi connectivity index (χ0v) is 25.6. The minimum absolute atomic E-state index is 0.193. The summed E-state index contributed by atoms with van der Waals surface area (Å²) >= 11 is 3.33. The monoisotopic (exact) mass is 656 g/mol. The highest BCUT2D eigenvalue weighted by molar-refractivity contribution is 9.10. The first-order valence-corrected chi connectivity index (χ1v) is 14.6. The molecule has 0 saturated carbocycles. The summed E-state index contributed by atoms with van der Waals surface area (Å²) in [4.78, 5) is 39.2. The fraction of sp³-hybridized carbons (Fsp3) is 0.147. The van der Waals surface area contributed by atoms with Crippen molar-refractivity contribution in [3.63, 3.8) is 0 Å².